The van der Waals surface area contributed by atoms with Gasteiger partial charge in [0, 0.05) is 11.0 Å². The van der Waals surface area contributed by atoms with Gasteiger partial charge in [0.25, 0.3) is 0 Å². The molecule has 0 bridgehead atoms. The summed E-state index contributed by atoms with van der Waals surface area (Å²) in [5.41, 5.74) is 2.02. The molecule has 1 N–H and O–H groups in total. The van der Waals surface area contributed by atoms with Crippen LogP contribution >= 0.6 is 0 Å². The second kappa shape index (κ2) is 5.36. The third-order valence-corrected chi connectivity index (χ3v) is 3.36. The highest BCUT2D eigenvalue weighted by Gasteiger charge is 2.25. The number of aromatic hydroxyl groups is 1. The lowest BCUT2D eigenvalue weighted by atomic mass is 9.83. The molecule has 0 aliphatic heterocycles. The van der Waals surface area contributed by atoms with Crippen molar-refractivity contribution < 1.29 is 9.90 Å². The van der Waals surface area contributed by atoms with Crippen LogP contribution in [0.3, 0.4) is 0 Å². The summed E-state index contributed by atoms with van der Waals surface area (Å²) < 4.78 is 0. The van der Waals surface area contributed by atoms with E-state index in [2.05, 4.69) is 0 Å². The lowest BCUT2D eigenvalue weighted by Crippen LogP contribution is -2.20. The Morgan fingerprint density at radius 2 is 1.37 bits per heavy atom. The van der Waals surface area contributed by atoms with Gasteiger partial charge < -0.3 is 5.11 Å². The molecule has 106 valence electrons. The Kier molecular flexibility index (Phi) is 4.44. The Balaban J connectivity index is 3.48. The van der Waals surface area contributed by atoms with Crippen molar-refractivity contribution in [3.05, 3.63) is 28.8 Å². The zero-order valence-electron chi connectivity index (χ0n) is 13.2. The monoisotopic (exact) mass is 262 g/mol. The van der Waals surface area contributed by atoms with Gasteiger partial charge in [-0.1, -0.05) is 48.5 Å². The molecule has 0 aliphatic rings. The molecule has 2 nitrogen and oxygen atoms in total. The summed E-state index contributed by atoms with van der Waals surface area (Å²) in [6.45, 7) is 13.9. The van der Waals surface area contributed by atoms with Crippen LogP contribution in [0.25, 0.3) is 0 Å². The molecule has 0 radical (unpaired) electrons. The first-order chi connectivity index (χ1) is 8.55. The Morgan fingerprint density at radius 1 is 1.00 bits per heavy atom. The average molecular weight is 262 g/mol. The maximum Gasteiger partial charge on any atom is 0.168 e. The standard InChI is InChI=1S/C17H26O2/c1-10(2)13-8-12(16(19)17(5,6)7)9-14(11(3)4)15(13)18/h8-11,18H,1-7H3. The highest BCUT2D eigenvalue weighted by molar-refractivity contribution is 6.00. The van der Waals surface area contributed by atoms with Crippen molar-refractivity contribution in [2.75, 3.05) is 0 Å². The number of phenols is 1. The van der Waals surface area contributed by atoms with Gasteiger partial charge in [0.2, 0.25) is 0 Å². The zero-order valence-corrected chi connectivity index (χ0v) is 13.2. The lowest BCUT2D eigenvalue weighted by molar-refractivity contribution is 0.0858. The number of rotatable bonds is 3. The van der Waals surface area contributed by atoms with Gasteiger partial charge in [0.05, 0.1) is 0 Å². The number of Topliss-reactive ketones (excluding diaryl/α,β-unsaturated/α-hetero) is 1. The molecular weight excluding hydrogens is 236 g/mol. The van der Waals surface area contributed by atoms with Crippen molar-refractivity contribution in [2.45, 2.75) is 60.3 Å². The summed E-state index contributed by atoms with van der Waals surface area (Å²) in [5, 5.41) is 10.3. The third-order valence-electron chi connectivity index (χ3n) is 3.36. The van der Waals surface area contributed by atoms with Crippen LogP contribution in [-0.4, -0.2) is 10.9 Å². The molecule has 2 heteroatoms. The Bertz CT molecular complexity index is 448. The van der Waals surface area contributed by atoms with E-state index in [-0.39, 0.29) is 17.6 Å². The minimum absolute atomic E-state index is 0.122. The van der Waals surface area contributed by atoms with Gasteiger partial charge in [0.15, 0.2) is 5.78 Å². The maximum atomic E-state index is 12.4. The highest BCUT2D eigenvalue weighted by Crippen LogP contribution is 2.36. The van der Waals surface area contributed by atoms with E-state index in [0.29, 0.717) is 11.3 Å². The van der Waals surface area contributed by atoms with E-state index in [4.69, 9.17) is 0 Å². The number of hydrogen-bond acceptors (Lipinski definition) is 2. The van der Waals surface area contributed by atoms with E-state index in [1.165, 1.54) is 0 Å². The van der Waals surface area contributed by atoms with Crippen molar-refractivity contribution in [2.24, 2.45) is 5.41 Å². The van der Waals surface area contributed by atoms with Crippen molar-refractivity contribution in [3.8, 4) is 5.75 Å². The van der Waals surface area contributed by atoms with Gasteiger partial charge in [-0.3, -0.25) is 4.79 Å². The minimum atomic E-state index is -0.403. The molecule has 0 spiro atoms. The van der Waals surface area contributed by atoms with Crippen molar-refractivity contribution >= 4 is 5.78 Å². The fourth-order valence-electron chi connectivity index (χ4n) is 2.12. The first-order valence-electron chi connectivity index (χ1n) is 6.97. The van der Waals surface area contributed by atoms with Crippen LogP contribution in [0.15, 0.2) is 12.1 Å². The van der Waals surface area contributed by atoms with Crippen LogP contribution in [-0.2, 0) is 0 Å². The van der Waals surface area contributed by atoms with Gasteiger partial charge in [-0.25, -0.2) is 0 Å². The molecule has 0 fully saturated rings. The topological polar surface area (TPSA) is 37.3 Å². The normalized spacial score (nSPS) is 12.3. The fraction of sp³-hybridized carbons (Fsp3) is 0.588. The average Bonchev–Trinajstić information content (AvgIpc) is 2.26. The molecule has 1 rings (SSSR count). The zero-order chi connectivity index (χ0) is 15.0. The van der Waals surface area contributed by atoms with Crippen LogP contribution < -0.4 is 0 Å². The van der Waals surface area contributed by atoms with Crippen LogP contribution in [0.2, 0.25) is 0 Å². The smallest absolute Gasteiger partial charge is 0.168 e. The van der Waals surface area contributed by atoms with Gasteiger partial charge in [-0.05, 0) is 35.1 Å². The molecule has 19 heavy (non-hydrogen) atoms. The molecule has 0 aromatic heterocycles. The largest absolute Gasteiger partial charge is 0.507 e. The summed E-state index contributed by atoms with van der Waals surface area (Å²) in [6.07, 6.45) is 0. The quantitative estimate of drug-likeness (QED) is 0.789. The Morgan fingerprint density at radius 3 is 1.63 bits per heavy atom. The number of benzene rings is 1. The summed E-state index contributed by atoms with van der Waals surface area (Å²) in [7, 11) is 0. The molecule has 0 saturated heterocycles. The maximum absolute atomic E-state index is 12.4. The number of carbonyl (C=O) groups excluding carboxylic acids is 1. The van der Waals surface area contributed by atoms with Gasteiger partial charge in [-0.2, -0.15) is 0 Å². The van der Waals surface area contributed by atoms with E-state index in [1.54, 1.807) is 0 Å². The number of carbonyl (C=O) groups is 1. The van der Waals surface area contributed by atoms with E-state index < -0.39 is 5.41 Å². The number of ketones is 1. The van der Waals surface area contributed by atoms with Gasteiger partial charge in [-0.15, -0.1) is 0 Å². The van der Waals surface area contributed by atoms with Gasteiger partial charge >= 0.3 is 0 Å². The number of phenolic OH excluding ortho intramolecular Hbond substituents is 1. The molecule has 0 aliphatic carbocycles. The molecule has 0 unspecified atom stereocenters. The van der Waals surface area contributed by atoms with Crippen LogP contribution in [0, 0.1) is 5.41 Å². The highest BCUT2D eigenvalue weighted by atomic mass is 16.3. The van der Waals surface area contributed by atoms with Crippen LogP contribution in [0.4, 0.5) is 0 Å². The fourth-order valence-corrected chi connectivity index (χ4v) is 2.12. The van der Waals surface area contributed by atoms with E-state index in [1.807, 2.05) is 60.6 Å². The van der Waals surface area contributed by atoms with Crippen LogP contribution in [0.5, 0.6) is 5.75 Å². The third kappa shape index (κ3) is 3.37. The summed E-state index contributed by atoms with van der Waals surface area (Å²) in [5.74, 6) is 0.863. The molecule has 0 heterocycles. The molecular formula is C17H26O2. The molecule has 0 saturated carbocycles. The molecule has 0 atom stereocenters. The second-order valence-electron chi connectivity index (χ2n) is 6.89. The number of hydrogen-bond donors (Lipinski definition) is 1. The summed E-state index contributed by atoms with van der Waals surface area (Å²) in [4.78, 5) is 12.4. The van der Waals surface area contributed by atoms with Crippen molar-refractivity contribution in [3.63, 3.8) is 0 Å². The SMILES string of the molecule is CC(C)c1cc(C(=O)C(C)(C)C)cc(C(C)C)c1O. The predicted octanol–water partition coefficient (Wildman–Crippen LogP) is 4.87. The van der Waals surface area contributed by atoms with E-state index in [0.717, 1.165) is 11.1 Å². The lowest BCUT2D eigenvalue weighted by Gasteiger charge is -2.21. The van der Waals surface area contributed by atoms with E-state index in [9.17, 15) is 9.90 Å². The van der Waals surface area contributed by atoms with Crippen molar-refractivity contribution in [1.82, 2.24) is 0 Å². The minimum Gasteiger partial charge on any atom is -0.507 e. The Hall–Kier alpha value is -1.31. The van der Waals surface area contributed by atoms with Crippen LogP contribution in [0.1, 0.15) is 81.8 Å². The first-order valence-corrected chi connectivity index (χ1v) is 6.97. The molecule has 0 amide bonds. The molecule has 1 aromatic carbocycles. The second-order valence-corrected chi connectivity index (χ2v) is 6.89. The Labute approximate surface area is 116 Å². The molecule has 1 aromatic rings. The van der Waals surface area contributed by atoms with Gasteiger partial charge in [0.1, 0.15) is 5.75 Å². The first kappa shape index (κ1) is 15.7. The predicted molar refractivity (Wildman–Crippen MR) is 80.1 cm³/mol. The summed E-state index contributed by atoms with van der Waals surface area (Å²) >= 11 is 0. The summed E-state index contributed by atoms with van der Waals surface area (Å²) in [6, 6.07) is 3.69. The van der Waals surface area contributed by atoms with Crippen molar-refractivity contribution in [1.29, 1.82) is 0 Å². The van der Waals surface area contributed by atoms with E-state index >= 15 is 0 Å².